The van der Waals surface area contributed by atoms with Crippen molar-refractivity contribution in [3.8, 4) is 5.75 Å². The fraction of sp³-hybridized carbons (Fsp3) is 0.316. The maximum absolute atomic E-state index is 12.7. The van der Waals surface area contributed by atoms with Crippen molar-refractivity contribution in [3.63, 3.8) is 0 Å². The molecule has 0 saturated heterocycles. The third kappa shape index (κ3) is 5.37. The predicted octanol–water partition coefficient (Wildman–Crippen LogP) is 3.38. The Labute approximate surface area is 165 Å². The summed E-state index contributed by atoms with van der Waals surface area (Å²) in [5.74, 6) is 0.315. The Balaban J connectivity index is 2.20. The largest absolute Gasteiger partial charge is 0.497 e. The van der Waals surface area contributed by atoms with Gasteiger partial charge in [0, 0.05) is 5.02 Å². The third-order valence-electron chi connectivity index (χ3n) is 4.14. The molecule has 146 valence electrons. The zero-order chi connectivity index (χ0) is 20.2. The molecule has 0 aliphatic heterocycles. The molecule has 0 radical (unpaired) electrons. The number of ether oxygens (including phenoxy) is 1. The highest BCUT2D eigenvalue weighted by molar-refractivity contribution is 7.92. The molecule has 6 nitrogen and oxygen atoms in total. The lowest BCUT2D eigenvalue weighted by Crippen LogP contribution is -2.48. The van der Waals surface area contributed by atoms with Gasteiger partial charge in [0.15, 0.2) is 0 Å². The molecule has 0 fully saturated rings. The van der Waals surface area contributed by atoms with E-state index in [1.807, 2.05) is 19.1 Å². The second kappa shape index (κ2) is 8.63. The van der Waals surface area contributed by atoms with Crippen molar-refractivity contribution >= 4 is 33.2 Å². The normalized spacial score (nSPS) is 13.5. The van der Waals surface area contributed by atoms with Crippen LogP contribution in [0.3, 0.4) is 0 Å². The van der Waals surface area contributed by atoms with Crippen LogP contribution in [0.1, 0.15) is 25.5 Å². The smallest absolute Gasteiger partial charge is 0.244 e. The SMILES string of the molecule is COc1ccc([C@@H](C)NC(=O)[C@H](C)N(c2ccc(Cl)cc2)S(C)(=O)=O)cc1. The van der Waals surface area contributed by atoms with E-state index >= 15 is 0 Å². The van der Waals surface area contributed by atoms with Crippen LogP contribution < -0.4 is 14.4 Å². The molecule has 0 aliphatic rings. The summed E-state index contributed by atoms with van der Waals surface area (Å²) in [7, 11) is -2.09. The van der Waals surface area contributed by atoms with Crippen molar-refractivity contribution in [3.05, 3.63) is 59.1 Å². The van der Waals surface area contributed by atoms with Crippen LogP contribution in [0.15, 0.2) is 48.5 Å². The van der Waals surface area contributed by atoms with Crippen molar-refractivity contribution in [2.24, 2.45) is 0 Å². The number of hydrogen-bond acceptors (Lipinski definition) is 4. The van der Waals surface area contributed by atoms with Crippen molar-refractivity contribution in [2.75, 3.05) is 17.7 Å². The van der Waals surface area contributed by atoms with E-state index in [0.29, 0.717) is 10.7 Å². The standard InChI is InChI=1S/C19H23ClN2O4S/c1-13(15-5-11-18(26-3)12-6-15)21-19(23)14(2)22(27(4,24)25)17-9-7-16(20)8-10-17/h5-14H,1-4H3,(H,21,23)/t13-,14+/m1/s1. The number of nitrogens with one attached hydrogen (secondary N) is 1. The van der Waals surface area contributed by atoms with Crippen molar-refractivity contribution in [1.29, 1.82) is 0 Å². The summed E-state index contributed by atoms with van der Waals surface area (Å²) >= 11 is 5.87. The molecule has 8 heteroatoms. The Morgan fingerprint density at radius 3 is 2.11 bits per heavy atom. The van der Waals surface area contributed by atoms with Gasteiger partial charge < -0.3 is 10.1 Å². The summed E-state index contributed by atoms with van der Waals surface area (Å²) in [5, 5.41) is 3.34. The van der Waals surface area contributed by atoms with Crippen LogP contribution in [0.25, 0.3) is 0 Å². The molecule has 2 atom stereocenters. The Morgan fingerprint density at radius 1 is 1.07 bits per heavy atom. The fourth-order valence-electron chi connectivity index (χ4n) is 2.71. The van der Waals surface area contributed by atoms with Crippen LogP contribution in [0.4, 0.5) is 5.69 Å². The first kappa shape index (κ1) is 21.1. The second-order valence-electron chi connectivity index (χ2n) is 6.21. The Morgan fingerprint density at radius 2 is 1.63 bits per heavy atom. The van der Waals surface area contributed by atoms with Gasteiger partial charge in [0.25, 0.3) is 0 Å². The zero-order valence-electron chi connectivity index (χ0n) is 15.6. The number of methoxy groups -OCH3 is 1. The van der Waals surface area contributed by atoms with Crippen LogP contribution in [-0.4, -0.2) is 33.7 Å². The van der Waals surface area contributed by atoms with E-state index in [-0.39, 0.29) is 6.04 Å². The highest BCUT2D eigenvalue weighted by atomic mass is 35.5. The van der Waals surface area contributed by atoms with Crippen LogP contribution >= 0.6 is 11.6 Å². The quantitative estimate of drug-likeness (QED) is 0.759. The lowest BCUT2D eigenvalue weighted by atomic mass is 10.1. The number of sulfonamides is 1. The van der Waals surface area contributed by atoms with Crippen LogP contribution in [0, 0.1) is 0 Å². The van der Waals surface area contributed by atoms with Crippen LogP contribution in [0.2, 0.25) is 5.02 Å². The topological polar surface area (TPSA) is 75.7 Å². The molecular formula is C19H23ClN2O4S. The number of carbonyl (C=O) groups excluding carboxylic acids is 1. The molecule has 2 aromatic rings. The Hall–Kier alpha value is -2.25. The van der Waals surface area contributed by atoms with Gasteiger partial charge in [-0.3, -0.25) is 9.10 Å². The number of hydrogen-bond donors (Lipinski definition) is 1. The number of amides is 1. The first-order valence-electron chi connectivity index (χ1n) is 8.32. The maximum atomic E-state index is 12.7. The molecule has 0 heterocycles. The van der Waals surface area contributed by atoms with E-state index in [0.717, 1.165) is 21.9 Å². The minimum absolute atomic E-state index is 0.294. The second-order valence-corrected chi connectivity index (χ2v) is 8.51. The first-order chi connectivity index (χ1) is 12.6. The van der Waals surface area contributed by atoms with Gasteiger partial charge in [-0.05, 0) is 55.8 Å². The van der Waals surface area contributed by atoms with Crippen molar-refractivity contribution < 1.29 is 17.9 Å². The highest BCUT2D eigenvalue weighted by Gasteiger charge is 2.29. The molecule has 0 spiro atoms. The zero-order valence-corrected chi connectivity index (χ0v) is 17.2. The van der Waals surface area contributed by atoms with E-state index in [4.69, 9.17) is 16.3 Å². The molecule has 1 amide bonds. The summed E-state index contributed by atoms with van der Waals surface area (Å²) in [6.07, 6.45) is 1.07. The van der Waals surface area contributed by atoms with Crippen molar-refractivity contribution in [2.45, 2.75) is 25.9 Å². The predicted molar refractivity (Wildman–Crippen MR) is 108 cm³/mol. The van der Waals surface area contributed by atoms with E-state index in [2.05, 4.69) is 5.32 Å². The molecule has 0 bridgehead atoms. The Bertz CT molecular complexity index is 883. The number of carbonyl (C=O) groups is 1. The monoisotopic (exact) mass is 410 g/mol. The van der Waals surface area contributed by atoms with Crippen molar-refractivity contribution in [1.82, 2.24) is 5.32 Å². The number of halogens is 1. The summed E-state index contributed by atoms with van der Waals surface area (Å²) in [5.41, 5.74) is 1.26. The lowest BCUT2D eigenvalue weighted by Gasteiger charge is -2.29. The number of anilines is 1. The van der Waals surface area contributed by atoms with E-state index in [1.54, 1.807) is 50.4 Å². The summed E-state index contributed by atoms with van der Waals surface area (Å²) in [6.45, 7) is 3.38. The van der Waals surface area contributed by atoms with Gasteiger partial charge in [-0.15, -0.1) is 0 Å². The lowest BCUT2D eigenvalue weighted by molar-refractivity contribution is -0.122. The maximum Gasteiger partial charge on any atom is 0.244 e. The van der Waals surface area contributed by atoms with Gasteiger partial charge in [0.2, 0.25) is 15.9 Å². The summed E-state index contributed by atoms with van der Waals surface area (Å²) in [4.78, 5) is 12.7. The molecular weight excluding hydrogens is 388 g/mol. The van der Waals surface area contributed by atoms with E-state index in [9.17, 15) is 13.2 Å². The molecule has 0 aromatic heterocycles. The Kier molecular flexibility index (Phi) is 6.73. The molecule has 1 N–H and O–H groups in total. The molecule has 2 rings (SSSR count). The number of rotatable bonds is 7. The summed E-state index contributed by atoms with van der Waals surface area (Å²) < 4.78 is 30.8. The van der Waals surface area contributed by atoms with Gasteiger partial charge in [-0.1, -0.05) is 23.7 Å². The van der Waals surface area contributed by atoms with Gasteiger partial charge in [0.1, 0.15) is 11.8 Å². The summed E-state index contributed by atoms with van der Waals surface area (Å²) in [6, 6.07) is 12.4. The highest BCUT2D eigenvalue weighted by Crippen LogP contribution is 2.24. The van der Waals surface area contributed by atoms with Crippen LogP contribution in [0.5, 0.6) is 5.75 Å². The van der Waals surface area contributed by atoms with Gasteiger partial charge >= 0.3 is 0 Å². The van der Waals surface area contributed by atoms with Gasteiger partial charge in [-0.25, -0.2) is 8.42 Å². The third-order valence-corrected chi connectivity index (χ3v) is 5.64. The first-order valence-corrected chi connectivity index (χ1v) is 10.6. The van der Waals surface area contributed by atoms with E-state index < -0.39 is 22.0 Å². The molecule has 0 unspecified atom stereocenters. The molecule has 0 saturated carbocycles. The van der Waals surface area contributed by atoms with E-state index in [1.165, 1.54) is 0 Å². The minimum atomic E-state index is -3.67. The fourth-order valence-corrected chi connectivity index (χ4v) is 4.01. The van der Waals surface area contributed by atoms with Gasteiger partial charge in [-0.2, -0.15) is 0 Å². The minimum Gasteiger partial charge on any atom is -0.497 e. The van der Waals surface area contributed by atoms with Gasteiger partial charge in [0.05, 0.1) is 25.1 Å². The number of benzene rings is 2. The molecule has 27 heavy (non-hydrogen) atoms. The average Bonchev–Trinajstić information content (AvgIpc) is 2.62. The molecule has 2 aromatic carbocycles. The number of nitrogens with zero attached hydrogens (tertiary/aromatic N) is 1. The molecule has 0 aliphatic carbocycles. The average molecular weight is 411 g/mol. The van der Waals surface area contributed by atoms with Crippen LogP contribution in [-0.2, 0) is 14.8 Å².